The summed E-state index contributed by atoms with van der Waals surface area (Å²) >= 11 is 0. The van der Waals surface area contributed by atoms with Gasteiger partial charge in [0, 0.05) is 11.8 Å². The molecule has 1 heteroatoms. The van der Waals surface area contributed by atoms with Gasteiger partial charge in [0.05, 0.1) is 0 Å². The molecule has 1 nitrogen and oxygen atoms in total. The summed E-state index contributed by atoms with van der Waals surface area (Å²) in [6.07, 6.45) is 8.06. The fourth-order valence-corrected chi connectivity index (χ4v) is 1.92. The molecule has 14 heavy (non-hydrogen) atoms. The highest BCUT2D eigenvalue weighted by molar-refractivity contribution is 5.87. The third kappa shape index (κ3) is 3.11. The van der Waals surface area contributed by atoms with E-state index in [2.05, 4.69) is 20.8 Å². The number of hydrogen-bond acceptors (Lipinski definition) is 1. The zero-order valence-electron chi connectivity index (χ0n) is 9.94. The topological polar surface area (TPSA) is 17.1 Å². The lowest BCUT2D eigenvalue weighted by atomic mass is 9.89. The summed E-state index contributed by atoms with van der Waals surface area (Å²) in [4.78, 5) is 11.9. The Bertz CT molecular complexity index is 191. The van der Waals surface area contributed by atoms with Gasteiger partial charge in [-0.05, 0) is 18.8 Å². The van der Waals surface area contributed by atoms with Crippen molar-refractivity contribution in [2.75, 3.05) is 0 Å². The van der Waals surface area contributed by atoms with Gasteiger partial charge in [-0.3, -0.25) is 4.79 Å². The Morgan fingerprint density at radius 3 is 2.43 bits per heavy atom. The molecular formula is C13H24O. The third-order valence-corrected chi connectivity index (χ3v) is 3.69. The molecule has 0 radical (unpaired) electrons. The predicted octanol–water partition coefficient (Wildman–Crippen LogP) is 3.96. The van der Waals surface area contributed by atoms with Crippen LogP contribution in [0, 0.1) is 11.3 Å². The molecule has 0 aromatic heterocycles. The van der Waals surface area contributed by atoms with Gasteiger partial charge in [0.25, 0.3) is 0 Å². The van der Waals surface area contributed by atoms with Gasteiger partial charge >= 0.3 is 0 Å². The van der Waals surface area contributed by atoms with Crippen molar-refractivity contribution < 1.29 is 4.79 Å². The second kappa shape index (κ2) is 4.95. The van der Waals surface area contributed by atoms with Gasteiger partial charge in [-0.1, -0.05) is 46.5 Å². The second-order valence-corrected chi connectivity index (χ2v) is 5.10. The first-order chi connectivity index (χ1) is 6.62. The van der Waals surface area contributed by atoms with Crippen LogP contribution in [0.5, 0.6) is 0 Å². The van der Waals surface area contributed by atoms with Gasteiger partial charge in [0.2, 0.25) is 0 Å². The van der Waals surface area contributed by atoms with E-state index in [-0.39, 0.29) is 5.41 Å². The zero-order chi connectivity index (χ0) is 10.6. The first kappa shape index (κ1) is 11.7. The zero-order valence-corrected chi connectivity index (χ0v) is 9.94. The monoisotopic (exact) mass is 196 g/mol. The molecular weight excluding hydrogens is 172 g/mol. The third-order valence-electron chi connectivity index (χ3n) is 3.69. The number of hydrogen-bond donors (Lipinski definition) is 0. The van der Waals surface area contributed by atoms with Crippen LogP contribution in [0.2, 0.25) is 0 Å². The van der Waals surface area contributed by atoms with E-state index >= 15 is 0 Å². The lowest BCUT2D eigenvalue weighted by Crippen LogP contribution is -2.16. The summed E-state index contributed by atoms with van der Waals surface area (Å²) in [5, 5.41) is 0. The van der Waals surface area contributed by atoms with Crippen LogP contribution >= 0.6 is 0 Å². The largest absolute Gasteiger partial charge is 0.299 e. The number of carbonyl (C=O) groups is 1. The van der Waals surface area contributed by atoms with E-state index in [4.69, 9.17) is 0 Å². The quantitative estimate of drug-likeness (QED) is 0.602. The van der Waals surface area contributed by atoms with Crippen LogP contribution in [-0.4, -0.2) is 5.78 Å². The molecule has 82 valence electrons. The van der Waals surface area contributed by atoms with Crippen LogP contribution in [0.1, 0.15) is 65.7 Å². The first-order valence-electron chi connectivity index (χ1n) is 6.15. The van der Waals surface area contributed by atoms with Crippen molar-refractivity contribution in [3.8, 4) is 0 Å². The maximum atomic E-state index is 11.9. The lowest BCUT2D eigenvalue weighted by Gasteiger charge is -2.15. The van der Waals surface area contributed by atoms with Crippen molar-refractivity contribution in [3.05, 3.63) is 0 Å². The van der Waals surface area contributed by atoms with E-state index in [1.54, 1.807) is 0 Å². The molecule has 1 unspecified atom stereocenters. The fraction of sp³-hybridized carbons (Fsp3) is 0.923. The SMILES string of the molecule is CCCCC(CC)CC(=O)C1(C)CC1. The Kier molecular flexibility index (Phi) is 4.15. The first-order valence-corrected chi connectivity index (χ1v) is 6.15. The minimum Gasteiger partial charge on any atom is -0.299 e. The van der Waals surface area contributed by atoms with Crippen molar-refractivity contribution in [2.24, 2.45) is 11.3 Å². The smallest absolute Gasteiger partial charge is 0.139 e. The molecule has 1 aliphatic carbocycles. The molecule has 1 saturated carbocycles. The van der Waals surface area contributed by atoms with Crippen molar-refractivity contribution in [1.29, 1.82) is 0 Å². The van der Waals surface area contributed by atoms with Gasteiger partial charge in [0.1, 0.15) is 5.78 Å². The molecule has 1 fully saturated rings. The maximum absolute atomic E-state index is 11.9. The number of unbranched alkanes of at least 4 members (excludes halogenated alkanes) is 1. The van der Waals surface area contributed by atoms with Gasteiger partial charge in [-0.15, -0.1) is 0 Å². The summed E-state index contributed by atoms with van der Waals surface area (Å²) in [5.74, 6) is 1.18. The minimum atomic E-state index is 0.0969. The molecule has 0 saturated heterocycles. The van der Waals surface area contributed by atoms with Crippen LogP contribution < -0.4 is 0 Å². The molecule has 0 N–H and O–H groups in total. The van der Waals surface area contributed by atoms with Crippen LogP contribution in [0.4, 0.5) is 0 Å². The number of ketones is 1. The van der Waals surface area contributed by atoms with Crippen LogP contribution in [0.15, 0.2) is 0 Å². The Labute approximate surface area is 88.3 Å². The Morgan fingerprint density at radius 1 is 1.36 bits per heavy atom. The van der Waals surface area contributed by atoms with Crippen molar-refractivity contribution in [2.45, 2.75) is 65.7 Å². The van der Waals surface area contributed by atoms with E-state index in [0.29, 0.717) is 11.7 Å². The minimum absolute atomic E-state index is 0.0969. The van der Waals surface area contributed by atoms with E-state index in [1.165, 1.54) is 25.7 Å². The van der Waals surface area contributed by atoms with Crippen LogP contribution in [0.3, 0.4) is 0 Å². The van der Waals surface area contributed by atoms with E-state index < -0.39 is 0 Å². The molecule has 0 aromatic carbocycles. The van der Waals surface area contributed by atoms with E-state index in [0.717, 1.165) is 19.3 Å². The second-order valence-electron chi connectivity index (χ2n) is 5.10. The highest BCUT2D eigenvalue weighted by Gasteiger charge is 2.44. The molecule has 0 bridgehead atoms. The summed E-state index contributed by atoms with van der Waals surface area (Å²) < 4.78 is 0. The standard InChI is InChI=1S/C13H24O/c1-4-6-7-11(5-2)10-12(14)13(3)8-9-13/h11H,4-10H2,1-3H3. The fourth-order valence-electron chi connectivity index (χ4n) is 1.92. The number of carbonyl (C=O) groups excluding carboxylic acids is 1. The van der Waals surface area contributed by atoms with E-state index in [9.17, 15) is 4.79 Å². The maximum Gasteiger partial charge on any atom is 0.139 e. The number of Topliss-reactive ketones (excluding diaryl/α,β-unsaturated/α-hetero) is 1. The summed E-state index contributed by atoms with van der Waals surface area (Å²) in [7, 11) is 0. The highest BCUT2D eigenvalue weighted by Crippen LogP contribution is 2.47. The average Bonchev–Trinajstić information content (AvgIpc) is 2.92. The van der Waals surface area contributed by atoms with Gasteiger partial charge in [-0.25, -0.2) is 0 Å². The molecule has 1 aliphatic rings. The molecule has 0 aliphatic heterocycles. The molecule has 0 amide bonds. The Balaban J connectivity index is 2.28. The molecule has 0 heterocycles. The lowest BCUT2D eigenvalue weighted by molar-refractivity contribution is -0.124. The predicted molar refractivity (Wildman–Crippen MR) is 60.3 cm³/mol. The molecule has 1 rings (SSSR count). The van der Waals surface area contributed by atoms with Gasteiger partial charge < -0.3 is 0 Å². The Hall–Kier alpha value is -0.330. The van der Waals surface area contributed by atoms with Gasteiger partial charge in [0.15, 0.2) is 0 Å². The molecule has 0 aromatic rings. The van der Waals surface area contributed by atoms with E-state index in [1.807, 2.05) is 0 Å². The normalized spacial score (nSPS) is 20.5. The van der Waals surface area contributed by atoms with Gasteiger partial charge in [-0.2, -0.15) is 0 Å². The molecule has 0 spiro atoms. The summed E-state index contributed by atoms with van der Waals surface area (Å²) in [6, 6.07) is 0. The number of rotatable bonds is 7. The van der Waals surface area contributed by atoms with Crippen molar-refractivity contribution >= 4 is 5.78 Å². The summed E-state index contributed by atoms with van der Waals surface area (Å²) in [5.41, 5.74) is 0.0969. The van der Waals surface area contributed by atoms with Crippen LogP contribution in [-0.2, 0) is 4.79 Å². The van der Waals surface area contributed by atoms with Crippen molar-refractivity contribution in [3.63, 3.8) is 0 Å². The van der Waals surface area contributed by atoms with Crippen molar-refractivity contribution in [1.82, 2.24) is 0 Å². The summed E-state index contributed by atoms with van der Waals surface area (Å²) in [6.45, 7) is 6.56. The average molecular weight is 196 g/mol. The highest BCUT2D eigenvalue weighted by atomic mass is 16.1. The molecule has 1 atom stereocenters. The van der Waals surface area contributed by atoms with Crippen LogP contribution in [0.25, 0.3) is 0 Å². The Morgan fingerprint density at radius 2 is 2.00 bits per heavy atom.